The first-order valence-corrected chi connectivity index (χ1v) is 8.95. The number of nitrogens with zero attached hydrogens (tertiary/aromatic N) is 1. The standard InChI is InChI=1S/C21H17ClN2O5/c1-28-18-7-2-4-14(10-18)13-29-20-9-8-16(22)12-19(20)23-21(25)15-5-3-6-17(11-15)24(26)27/h2-12H,13H2,1H3,(H,23,25). The van der Waals surface area contributed by atoms with Gasteiger partial charge in [-0.3, -0.25) is 14.9 Å². The van der Waals surface area contributed by atoms with Crippen molar-refractivity contribution < 1.29 is 19.2 Å². The fourth-order valence-electron chi connectivity index (χ4n) is 2.60. The van der Waals surface area contributed by atoms with E-state index in [1.165, 1.54) is 24.3 Å². The normalized spacial score (nSPS) is 10.3. The summed E-state index contributed by atoms with van der Waals surface area (Å²) in [5.41, 5.74) is 1.23. The molecule has 3 rings (SSSR count). The number of non-ortho nitro benzene ring substituents is 1. The Morgan fingerprint density at radius 3 is 2.66 bits per heavy atom. The third kappa shape index (κ3) is 5.24. The van der Waals surface area contributed by atoms with Crippen LogP contribution in [0.25, 0.3) is 0 Å². The third-order valence-corrected chi connectivity index (χ3v) is 4.27. The quantitative estimate of drug-likeness (QED) is 0.431. The molecule has 0 fully saturated rings. The van der Waals surface area contributed by atoms with Crippen molar-refractivity contribution >= 4 is 28.9 Å². The highest BCUT2D eigenvalue weighted by molar-refractivity contribution is 6.31. The van der Waals surface area contributed by atoms with Crippen LogP contribution in [0.2, 0.25) is 5.02 Å². The summed E-state index contributed by atoms with van der Waals surface area (Å²) in [6, 6.07) is 17.7. The van der Waals surface area contributed by atoms with E-state index in [9.17, 15) is 14.9 Å². The number of hydrogen-bond acceptors (Lipinski definition) is 5. The zero-order chi connectivity index (χ0) is 20.8. The third-order valence-electron chi connectivity index (χ3n) is 4.04. The van der Waals surface area contributed by atoms with E-state index in [-0.39, 0.29) is 17.9 Å². The number of nitro groups is 1. The molecule has 7 nitrogen and oxygen atoms in total. The number of halogens is 1. The summed E-state index contributed by atoms with van der Waals surface area (Å²) >= 11 is 6.06. The summed E-state index contributed by atoms with van der Waals surface area (Å²) in [6.07, 6.45) is 0. The number of nitrogens with one attached hydrogen (secondary N) is 1. The average molecular weight is 413 g/mol. The summed E-state index contributed by atoms with van der Waals surface area (Å²) in [7, 11) is 1.58. The second-order valence-corrected chi connectivity index (χ2v) is 6.48. The van der Waals surface area contributed by atoms with Crippen LogP contribution in [0.15, 0.2) is 66.7 Å². The molecule has 0 radical (unpaired) electrons. The van der Waals surface area contributed by atoms with Crippen molar-refractivity contribution in [2.45, 2.75) is 6.61 Å². The second-order valence-electron chi connectivity index (χ2n) is 6.04. The molecule has 0 spiro atoms. The number of rotatable bonds is 7. The van der Waals surface area contributed by atoms with Crippen LogP contribution in [-0.4, -0.2) is 17.9 Å². The lowest BCUT2D eigenvalue weighted by Crippen LogP contribution is -2.13. The minimum atomic E-state index is -0.557. The molecule has 0 aliphatic carbocycles. The molecule has 1 amide bonds. The number of carbonyl (C=O) groups is 1. The van der Waals surface area contributed by atoms with E-state index in [0.29, 0.717) is 22.2 Å². The van der Waals surface area contributed by atoms with Gasteiger partial charge in [0.25, 0.3) is 11.6 Å². The van der Waals surface area contributed by atoms with Gasteiger partial charge in [0.15, 0.2) is 0 Å². The molecule has 0 aliphatic rings. The fraction of sp³-hybridized carbons (Fsp3) is 0.0952. The number of methoxy groups -OCH3 is 1. The summed E-state index contributed by atoms with van der Waals surface area (Å²) in [4.78, 5) is 22.9. The highest BCUT2D eigenvalue weighted by atomic mass is 35.5. The molecular formula is C21H17ClN2O5. The Labute approximate surface area is 172 Å². The SMILES string of the molecule is COc1cccc(COc2ccc(Cl)cc2NC(=O)c2cccc([N+](=O)[O-])c2)c1. The Kier molecular flexibility index (Phi) is 6.31. The molecule has 0 saturated carbocycles. The maximum Gasteiger partial charge on any atom is 0.270 e. The van der Waals surface area contributed by atoms with E-state index in [4.69, 9.17) is 21.1 Å². The Morgan fingerprint density at radius 2 is 1.90 bits per heavy atom. The number of nitro benzene ring substituents is 1. The lowest BCUT2D eigenvalue weighted by Gasteiger charge is -2.13. The molecule has 29 heavy (non-hydrogen) atoms. The highest BCUT2D eigenvalue weighted by Gasteiger charge is 2.14. The largest absolute Gasteiger partial charge is 0.497 e. The van der Waals surface area contributed by atoms with Crippen molar-refractivity contribution in [3.8, 4) is 11.5 Å². The van der Waals surface area contributed by atoms with Crippen molar-refractivity contribution in [3.05, 3.63) is 93.0 Å². The maximum atomic E-state index is 12.6. The van der Waals surface area contributed by atoms with Crippen molar-refractivity contribution in [3.63, 3.8) is 0 Å². The number of hydrogen-bond donors (Lipinski definition) is 1. The summed E-state index contributed by atoms with van der Waals surface area (Å²) < 4.78 is 11.0. The van der Waals surface area contributed by atoms with E-state index in [1.807, 2.05) is 24.3 Å². The van der Waals surface area contributed by atoms with Gasteiger partial charge in [-0.15, -0.1) is 0 Å². The number of benzene rings is 3. The summed E-state index contributed by atoms with van der Waals surface area (Å²) in [6.45, 7) is 0.249. The first-order valence-electron chi connectivity index (χ1n) is 8.57. The van der Waals surface area contributed by atoms with Crippen molar-refractivity contribution in [1.29, 1.82) is 0 Å². The minimum Gasteiger partial charge on any atom is -0.497 e. The molecule has 3 aromatic carbocycles. The van der Waals surface area contributed by atoms with Crippen LogP contribution in [0.5, 0.6) is 11.5 Å². The lowest BCUT2D eigenvalue weighted by molar-refractivity contribution is -0.384. The number of carbonyl (C=O) groups excluding carboxylic acids is 1. The molecule has 148 valence electrons. The molecular weight excluding hydrogens is 396 g/mol. The van der Waals surface area contributed by atoms with Gasteiger partial charge in [0.2, 0.25) is 0 Å². The zero-order valence-electron chi connectivity index (χ0n) is 15.4. The Balaban J connectivity index is 1.78. The molecule has 0 bridgehead atoms. The number of anilines is 1. The molecule has 0 aromatic heterocycles. The van der Waals surface area contributed by atoms with E-state index in [2.05, 4.69) is 5.32 Å². The van der Waals surface area contributed by atoms with Gasteiger partial charge in [0.05, 0.1) is 17.7 Å². The summed E-state index contributed by atoms with van der Waals surface area (Å²) in [5.74, 6) is 0.611. The Hall–Kier alpha value is -3.58. The van der Waals surface area contributed by atoms with Gasteiger partial charge in [-0.2, -0.15) is 0 Å². The molecule has 0 saturated heterocycles. The summed E-state index contributed by atoms with van der Waals surface area (Å²) in [5, 5.41) is 14.0. The van der Waals surface area contributed by atoms with Gasteiger partial charge in [-0.1, -0.05) is 29.8 Å². The first-order chi connectivity index (χ1) is 14.0. The van der Waals surface area contributed by atoms with Crippen LogP contribution in [0.3, 0.4) is 0 Å². The zero-order valence-corrected chi connectivity index (χ0v) is 16.2. The van der Waals surface area contributed by atoms with Gasteiger partial charge in [0.1, 0.15) is 18.1 Å². The molecule has 0 atom stereocenters. The number of ether oxygens (including phenoxy) is 2. The van der Waals surface area contributed by atoms with Crippen LogP contribution in [0.1, 0.15) is 15.9 Å². The average Bonchev–Trinajstić information content (AvgIpc) is 2.73. The number of amides is 1. The molecule has 3 aromatic rings. The van der Waals surface area contributed by atoms with Gasteiger partial charge >= 0.3 is 0 Å². The van der Waals surface area contributed by atoms with E-state index < -0.39 is 10.8 Å². The van der Waals surface area contributed by atoms with E-state index in [1.54, 1.807) is 25.3 Å². The van der Waals surface area contributed by atoms with E-state index in [0.717, 1.165) is 5.56 Å². The molecule has 0 unspecified atom stereocenters. The Morgan fingerprint density at radius 1 is 1.10 bits per heavy atom. The monoisotopic (exact) mass is 412 g/mol. The molecule has 1 N–H and O–H groups in total. The van der Waals surface area contributed by atoms with Crippen LogP contribution < -0.4 is 14.8 Å². The van der Waals surface area contributed by atoms with Crippen LogP contribution in [0, 0.1) is 10.1 Å². The van der Waals surface area contributed by atoms with E-state index >= 15 is 0 Å². The lowest BCUT2D eigenvalue weighted by atomic mass is 10.2. The first kappa shape index (κ1) is 20.2. The predicted molar refractivity (Wildman–Crippen MR) is 110 cm³/mol. The van der Waals surface area contributed by atoms with Gasteiger partial charge in [-0.05, 0) is 42.0 Å². The minimum absolute atomic E-state index is 0.151. The van der Waals surface area contributed by atoms with Crippen molar-refractivity contribution in [2.24, 2.45) is 0 Å². The van der Waals surface area contributed by atoms with Crippen LogP contribution in [-0.2, 0) is 6.61 Å². The Bertz CT molecular complexity index is 1050. The van der Waals surface area contributed by atoms with Crippen LogP contribution >= 0.6 is 11.6 Å². The van der Waals surface area contributed by atoms with Crippen molar-refractivity contribution in [1.82, 2.24) is 0 Å². The second kappa shape index (κ2) is 9.07. The van der Waals surface area contributed by atoms with Gasteiger partial charge in [-0.25, -0.2) is 0 Å². The van der Waals surface area contributed by atoms with Gasteiger partial charge < -0.3 is 14.8 Å². The highest BCUT2D eigenvalue weighted by Crippen LogP contribution is 2.30. The van der Waals surface area contributed by atoms with Gasteiger partial charge in [0, 0.05) is 22.7 Å². The smallest absolute Gasteiger partial charge is 0.270 e. The van der Waals surface area contributed by atoms with Crippen molar-refractivity contribution in [2.75, 3.05) is 12.4 Å². The molecule has 8 heteroatoms. The fourth-order valence-corrected chi connectivity index (χ4v) is 2.78. The molecule has 0 heterocycles. The molecule has 0 aliphatic heterocycles. The maximum absolute atomic E-state index is 12.6. The topological polar surface area (TPSA) is 90.7 Å². The van der Waals surface area contributed by atoms with Crippen LogP contribution in [0.4, 0.5) is 11.4 Å². The predicted octanol–water partition coefficient (Wildman–Crippen LogP) is 5.09.